The van der Waals surface area contributed by atoms with E-state index in [1.165, 1.54) is 7.11 Å². The minimum absolute atomic E-state index is 0.303. The van der Waals surface area contributed by atoms with E-state index in [0.29, 0.717) is 19.3 Å². The van der Waals surface area contributed by atoms with Gasteiger partial charge in [0.05, 0.1) is 6.10 Å². The highest BCUT2D eigenvalue weighted by Crippen LogP contribution is 2.68. The summed E-state index contributed by atoms with van der Waals surface area (Å²) in [6, 6.07) is 0. The zero-order valence-electron chi connectivity index (χ0n) is 11.1. The third-order valence-electron chi connectivity index (χ3n) is 4.94. The van der Waals surface area contributed by atoms with Crippen molar-refractivity contribution in [1.82, 2.24) is 0 Å². The van der Waals surface area contributed by atoms with Crippen molar-refractivity contribution in [3.05, 3.63) is 0 Å². The molecule has 3 rings (SSSR count). The van der Waals surface area contributed by atoms with E-state index in [4.69, 9.17) is 4.74 Å². The Kier molecular flexibility index (Phi) is 3.13. The number of aliphatic hydroxyl groups is 1. The van der Waals surface area contributed by atoms with Gasteiger partial charge in [0, 0.05) is 7.11 Å². The molecule has 2 saturated carbocycles. The Morgan fingerprint density at radius 2 is 1.95 bits per heavy atom. The fourth-order valence-electron chi connectivity index (χ4n) is 4.10. The van der Waals surface area contributed by atoms with Gasteiger partial charge in [0.15, 0.2) is 5.60 Å². The minimum atomic E-state index is -5.62. The fourth-order valence-corrected chi connectivity index (χ4v) is 4.10. The first kappa shape index (κ1) is 15.4. The molecule has 5 atom stereocenters. The second-order valence-corrected chi connectivity index (χ2v) is 5.87. The van der Waals surface area contributed by atoms with Crippen molar-refractivity contribution >= 4 is 0 Å². The molecule has 1 saturated heterocycles. The van der Waals surface area contributed by atoms with Crippen molar-refractivity contribution < 1.29 is 41.3 Å². The summed E-state index contributed by atoms with van der Waals surface area (Å²) < 4.78 is 82.2. The van der Waals surface area contributed by atoms with Crippen LogP contribution in [0.4, 0.5) is 22.0 Å². The van der Waals surface area contributed by atoms with Gasteiger partial charge in [-0.2, -0.15) is 22.0 Å². The van der Waals surface area contributed by atoms with Gasteiger partial charge in [-0.1, -0.05) is 0 Å². The number of hydrogen-bond donors (Lipinski definition) is 1. The number of methoxy groups -OCH3 is 1. The van der Waals surface area contributed by atoms with Crippen LogP contribution in [0, 0.1) is 11.8 Å². The van der Waals surface area contributed by atoms with E-state index in [9.17, 15) is 27.1 Å². The topological polar surface area (TPSA) is 47.9 Å². The molecule has 0 radical (unpaired) electrons. The Bertz CT molecular complexity index is 442. The molecule has 3 aliphatic rings. The molecule has 0 aromatic heterocycles. The quantitative estimate of drug-likeness (QED) is 0.639. The Morgan fingerprint density at radius 1 is 1.29 bits per heavy atom. The Labute approximate surface area is 117 Å². The molecular formula is C12H15F5O4. The molecule has 9 heteroatoms. The summed E-state index contributed by atoms with van der Waals surface area (Å²) in [5.74, 6) is -10.4. The molecular weight excluding hydrogens is 303 g/mol. The molecule has 3 fully saturated rings. The van der Waals surface area contributed by atoms with Crippen LogP contribution in [0.15, 0.2) is 0 Å². The number of fused-ring (bicyclic) bond motifs is 5. The first-order valence-electron chi connectivity index (χ1n) is 6.59. The van der Waals surface area contributed by atoms with Crippen LogP contribution >= 0.6 is 0 Å². The summed E-state index contributed by atoms with van der Waals surface area (Å²) in [5, 5.41) is 9.57. The van der Waals surface area contributed by atoms with Crippen LogP contribution in [0.25, 0.3) is 0 Å². The van der Waals surface area contributed by atoms with E-state index >= 15 is 0 Å². The standard InChI is InChI=1S/C12H15F5O4/c1-19-5-20-9-7-3-2-6(4-7)8(9)21-11(18,10(9,13)14)12(15,16)17/h6-8,18H,2-5H2,1H3. The summed E-state index contributed by atoms with van der Waals surface area (Å²) in [4.78, 5) is 0. The third-order valence-corrected chi connectivity index (χ3v) is 4.94. The maximum atomic E-state index is 14.6. The maximum Gasteiger partial charge on any atom is 0.449 e. The van der Waals surface area contributed by atoms with Crippen molar-refractivity contribution in [2.45, 2.75) is 48.9 Å². The molecule has 21 heavy (non-hydrogen) atoms. The number of rotatable bonds is 3. The summed E-state index contributed by atoms with van der Waals surface area (Å²) in [7, 11) is 1.18. The van der Waals surface area contributed by atoms with Gasteiger partial charge in [0.2, 0.25) is 0 Å². The van der Waals surface area contributed by atoms with Gasteiger partial charge in [0.1, 0.15) is 6.79 Å². The maximum absolute atomic E-state index is 14.6. The average Bonchev–Trinajstić information content (AvgIpc) is 2.99. The van der Waals surface area contributed by atoms with Crippen LogP contribution in [0.1, 0.15) is 19.3 Å². The van der Waals surface area contributed by atoms with E-state index in [2.05, 4.69) is 9.47 Å². The molecule has 1 aliphatic heterocycles. The van der Waals surface area contributed by atoms with Crippen LogP contribution in [0.3, 0.4) is 0 Å². The van der Waals surface area contributed by atoms with Gasteiger partial charge in [-0.05, 0) is 31.1 Å². The third kappa shape index (κ3) is 1.58. The second kappa shape index (κ2) is 4.27. The summed E-state index contributed by atoms with van der Waals surface area (Å²) in [5.41, 5.74) is -2.49. The summed E-state index contributed by atoms with van der Waals surface area (Å²) in [6.45, 7) is -0.591. The highest BCUT2D eigenvalue weighted by molar-refractivity contribution is 5.24. The molecule has 4 nitrogen and oxygen atoms in total. The molecule has 0 aromatic rings. The number of halogens is 5. The fraction of sp³-hybridized carbons (Fsp3) is 1.00. The number of ether oxygens (including phenoxy) is 3. The molecule has 2 bridgehead atoms. The van der Waals surface area contributed by atoms with Crippen LogP contribution in [0.5, 0.6) is 0 Å². The van der Waals surface area contributed by atoms with Gasteiger partial charge in [-0.3, -0.25) is 0 Å². The van der Waals surface area contributed by atoms with Crippen LogP contribution in [-0.4, -0.2) is 48.6 Å². The lowest BCUT2D eigenvalue weighted by molar-refractivity contribution is -0.417. The van der Waals surface area contributed by atoms with Gasteiger partial charge in [-0.25, -0.2) is 0 Å². The molecule has 1 N–H and O–H groups in total. The lowest BCUT2D eigenvalue weighted by Crippen LogP contribution is -2.66. The smallest absolute Gasteiger partial charge is 0.359 e. The van der Waals surface area contributed by atoms with E-state index in [1.807, 2.05) is 0 Å². The minimum Gasteiger partial charge on any atom is -0.359 e. The van der Waals surface area contributed by atoms with E-state index in [-0.39, 0.29) is 0 Å². The lowest BCUT2D eigenvalue weighted by Gasteiger charge is -2.41. The van der Waals surface area contributed by atoms with Gasteiger partial charge >= 0.3 is 17.9 Å². The van der Waals surface area contributed by atoms with Gasteiger partial charge in [-0.15, -0.1) is 0 Å². The highest BCUT2D eigenvalue weighted by Gasteiger charge is 2.90. The van der Waals surface area contributed by atoms with Gasteiger partial charge < -0.3 is 19.3 Å². The van der Waals surface area contributed by atoms with Crippen molar-refractivity contribution in [2.75, 3.05) is 13.9 Å². The largest absolute Gasteiger partial charge is 0.449 e. The van der Waals surface area contributed by atoms with Crippen molar-refractivity contribution in [1.29, 1.82) is 0 Å². The summed E-state index contributed by atoms with van der Waals surface area (Å²) >= 11 is 0. The predicted octanol–water partition coefficient (Wildman–Crippen LogP) is 2.06. The van der Waals surface area contributed by atoms with Crippen molar-refractivity contribution in [3.63, 3.8) is 0 Å². The number of hydrogen-bond acceptors (Lipinski definition) is 4. The average molecular weight is 318 g/mol. The van der Waals surface area contributed by atoms with Crippen LogP contribution in [-0.2, 0) is 14.2 Å². The van der Waals surface area contributed by atoms with Gasteiger partial charge in [0.25, 0.3) is 0 Å². The Hall–Kier alpha value is -0.510. The molecule has 5 unspecified atom stereocenters. The zero-order chi connectivity index (χ0) is 15.7. The van der Waals surface area contributed by atoms with E-state index < -0.39 is 48.2 Å². The van der Waals surface area contributed by atoms with Crippen molar-refractivity contribution in [2.24, 2.45) is 11.8 Å². The zero-order valence-corrected chi connectivity index (χ0v) is 11.1. The normalized spacial score (nSPS) is 47.9. The molecule has 0 amide bonds. The van der Waals surface area contributed by atoms with Crippen LogP contribution in [0.2, 0.25) is 0 Å². The predicted molar refractivity (Wildman–Crippen MR) is 57.3 cm³/mol. The van der Waals surface area contributed by atoms with Crippen molar-refractivity contribution in [3.8, 4) is 0 Å². The molecule has 122 valence electrons. The highest BCUT2D eigenvalue weighted by atomic mass is 19.4. The first-order chi connectivity index (χ1) is 9.62. The SMILES string of the molecule is COCOC12C3CCC(C3)C1OC(O)(C(F)(F)F)C2(F)F. The molecule has 0 aromatic carbocycles. The first-order valence-corrected chi connectivity index (χ1v) is 6.59. The monoisotopic (exact) mass is 318 g/mol. The Balaban J connectivity index is 2.08. The van der Waals surface area contributed by atoms with Crippen LogP contribution < -0.4 is 0 Å². The van der Waals surface area contributed by atoms with E-state index in [1.54, 1.807) is 0 Å². The molecule has 2 aliphatic carbocycles. The lowest BCUT2D eigenvalue weighted by atomic mass is 9.76. The van der Waals surface area contributed by atoms with E-state index in [0.717, 1.165) is 0 Å². The second-order valence-electron chi connectivity index (χ2n) is 5.87. The molecule has 0 spiro atoms. The number of alkyl halides is 5. The Morgan fingerprint density at radius 3 is 2.52 bits per heavy atom. The summed E-state index contributed by atoms with van der Waals surface area (Å²) in [6.07, 6.45) is -6.01. The molecule has 1 heterocycles.